The predicted molar refractivity (Wildman–Crippen MR) is 80.9 cm³/mol. The van der Waals surface area contributed by atoms with E-state index in [0.29, 0.717) is 12.3 Å². The number of aromatic nitrogens is 3. The van der Waals surface area contributed by atoms with Crippen LogP contribution >= 0.6 is 0 Å². The Hall–Kier alpha value is -1.72. The van der Waals surface area contributed by atoms with Crippen molar-refractivity contribution in [3.63, 3.8) is 0 Å². The first kappa shape index (κ1) is 15.7. The van der Waals surface area contributed by atoms with Crippen LogP contribution in [0.25, 0.3) is 0 Å². The van der Waals surface area contributed by atoms with Crippen molar-refractivity contribution >= 4 is 0 Å². The number of benzene rings is 1. The molecule has 0 amide bonds. The molecule has 0 radical (unpaired) electrons. The average Bonchev–Trinajstić information content (AvgIpc) is 2.92. The summed E-state index contributed by atoms with van der Waals surface area (Å²) in [5.41, 5.74) is 0.178. The summed E-state index contributed by atoms with van der Waals surface area (Å²) in [6.45, 7) is 4.74. The summed E-state index contributed by atoms with van der Waals surface area (Å²) < 4.78 is 1.85. The number of aliphatic hydroxyl groups excluding tert-OH is 2. The fraction of sp³-hybridized carbons (Fsp3) is 0.500. The van der Waals surface area contributed by atoms with Gasteiger partial charge in [0.2, 0.25) is 0 Å². The molecule has 1 heterocycles. The van der Waals surface area contributed by atoms with E-state index in [-0.39, 0.29) is 13.2 Å². The topological polar surface area (TPSA) is 71.2 Å². The molecule has 5 nitrogen and oxygen atoms in total. The minimum absolute atomic E-state index is 0.137. The largest absolute Gasteiger partial charge is 0.395 e. The van der Waals surface area contributed by atoms with Gasteiger partial charge >= 0.3 is 0 Å². The molecule has 0 atom stereocenters. The lowest BCUT2D eigenvalue weighted by molar-refractivity contribution is 0.113. The van der Waals surface area contributed by atoms with Crippen LogP contribution in [0.1, 0.15) is 25.2 Å². The number of nitrogens with zero attached hydrogens (tertiary/aromatic N) is 3. The SMILES string of the molecule is CC(C)Cn1ncnc1CC(CO)(CO)c1ccccc1. The molecule has 2 N–H and O–H groups in total. The van der Waals surface area contributed by atoms with Crippen molar-refractivity contribution in [2.75, 3.05) is 13.2 Å². The first-order valence-corrected chi connectivity index (χ1v) is 7.25. The lowest BCUT2D eigenvalue weighted by Gasteiger charge is -2.30. The molecule has 0 saturated heterocycles. The first-order valence-electron chi connectivity index (χ1n) is 7.25. The Bertz CT molecular complexity index is 548. The van der Waals surface area contributed by atoms with Crippen LogP contribution in [-0.4, -0.2) is 38.2 Å². The lowest BCUT2D eigenvalue weighted by Crippen LogP contribution is -2.38. The Morgan fingerprint density at radius 2 is 1.81 bits per heavy atom. The van der Waals surface area contributed by atoms with Gasteiger partial charge in [-0.2, -0.15) is 5.10 Å². The van der Waals surface area contributed by atoms with Crippen molar-refractivity contribution in [3.8, 4) is 0 Å². The van der Waals surface area contributed by atoms with Gasteiger partial charge < -0.3 is 10.2 Å². The Morgan fingerprint density at radius 3 is 2.38 bits per heavy atom. The van der Waals surface area contributed by atoms with Crippen molar-refractivity contribution in [1.29, 1.82) is 0 Å². The van der Waals surface area contributed by atoms with Gasteiger partial charge in [0, 0.05) is 18.4 Å². The Labute approximate surface area is 125 Å². The second-order valence-corrected chi connectivity index (χ2v) is 5.89. The number of rotatable bonds is 7. The van der Waals surface area contributed by atoms with E-state index in [9.17, 15) is 10.2 Å². The minimum Gasteiger partial charge on any atom is -0.395 e. The molecular weight excluding hydrogens is 266 g/mol. The maximum Gasteiger partial charge on any atom is 0.138 e. The quantitative estimate of drug-likeness (QED) is 0.808. The van der Waals surface area contributed by atoms with Gasteiger partial charge in [-0.15, -0.1) is 0 Å². The lowest BCUT2D eigenvalue weighted by atomic mass is 9.78. The molecule has 0 unspecified atom stereocenters. The zero-order valence-electron chi connectivity index (χ0n) is 12.6. The normalized spacial score (nSPS) is 12.0. The Balaban J connectivity index is 2.31. The summed E-state index contributed by atoms with van der Waals surface area (Å²) in [5.74, 6) is 1.25. The van der Waals surface area contributed by atoms with Gasteiger partial charge in [-0.05, 0) is 11.5 Å². The molecule has 0 aliphatic heterocycles. The van der Waals surface area contributed by atoms with Crippen molar-refractivity contribution < 1.29 is 10.2 Å². The standard InChI is InChI=1S/C16H23N3O2/c1-13(2)9-19-15(17-12-18-19)8-16(10-20,11-21)14-6-4-3-5-7-14/h3-7,12-13,20-21H,8-11H2,1-2H3. The monoisotopic (exact) mass is 289 g/mol. The van der Waals surface area contributed by atoms with E-state index in [1.54, 1.807) is 0 Å². The van der Waals surface area contributed by atoms with E-state index in [2.05, 4.69) is 23.9 Å². The summed E-state index contributed by atoms with van der Waals surface area (Å²) >= 11 is 0. The summed E-state index contributed by atoms with van der Waals surface area (Å²) in [5, 5.41) is 24.0. The van der Waals surface area contributed by atoms with Gasteiger partial charge in [-0.3, -0.25) is 0 Å². The van der Waals surface area contributed by atoms with Crippen LogP contribution in [0, 0.1) is 5.92 Å². The number of hydrogen-bond acceptors (Lipinski definition) is 4. The highest BCUT2D eigenvalue weighted by Crippen LogP contribution is 2.27. The van der Waals surface area contributed by atoms with E-state index in [0.717, 1.165) is 17.9 Å². The maximum atomic E-state index is 9.88. The van der Waals surface area contributed by atoms with Crippen LogP contribution in [0.15, 0.2) is 36.7 Å². The maximum absolute atomic E-state index is 9.88. The highest BCUT2D eigenvalue weighted by Gasteiger charge is 2.33. The molecule has 0 saturated carbocycles. The molecule has 0 spiro atoms. The zero-order valence-corrected chi connectivity index (χ0v) is 12.6. The molecular formula is C16H23N3O2. The third-order valence-corrected chi connectivity index (χ3v) is 3.72. The van der Waals surface area contributed by atoms with Crippen molar-refractivity contribution in [2.45, 2.75) is 32.2 Å². The summed E-state index contributed by atoms with van der Waals surface area (Å²) in [6, 6.07) is 9.60. The molecule has 21 heavy (non-hydrogen) atoms. The second kappa shape index (κ2) is 6.83. The highest BCUT2D eigenvalue weighted by atomic mass is 16.3. The van der Waals surface area contributed by atoms with Crippen molar-refractivity contribution in [1.82, 2.24) is 14.8 Å². The van der Waals surface area contributed by atoms with Crippen LogP contribution < -0.4 is 0 Å². The van der Waals surface area contributed by atoms with Gasteiger partial charge in [0.25, 0.3) is 0 Å². The van der Waals surface area contributed by atoms with Crippen LogP contribution in [-0.2, 0) is 18.4 Å². The van der Waals surface area contributed by atoms with E-state index < -0.39 is 5.41 Å². The minimum atomic E-state index is -0.733. The predicted octanol–water partition coefficient (Wildman–Crippen LogP) is 1.40. The molecule has 1 aromatic carbocycles. The van der Waals surface area contributed by atoms with Gasteiger partial charge in [0.05, 0.1) is 13.2 Å². The van der Waals surface area contributed by atoms with E-state index in [4.69, 9.17) is 0 Å². The van der Waals surface area contributed by atoms with Gasteiger partial charge in [-0.1, -0.05) is 44.2 Å². The van der Waals surface area contributed by atoms with Crippen molar-refractivity contribution in [2.24, 2.45) is 5.92 Å². The fourth-order valence-corrected chi connectivity index (χ4v) is 2.46. The molecule has 0 aliphatic rings. The molecule has 0 fully saturated rings. The smallest absolute Gasteiger partial charge is 0.138 e. The highest BCUT2D eigenvalue weighted by molar-refractivity contribution is 5.27. The van der Waals surface area contributed by atoms with Gasteiger partial charge in [0.15, 0.2) is 0 Å². The van der Waals surface area contributed by atoms with Gasteiger partial charge in [-0.25, -0.2) is 9.67 Å². The molecule has 1 aromatic heterocycles. The molecule has 114 valence electrons. The average molecular weight is 289 g/mol. The summed E-state index contributed by atoms with van der Waals surface area (Å²) in [4.78, 5) is 4.31. The molecule has 2 rings (SSSR count). The number of aliphatic hydroxyl groups is 2. The second-order valence-electron chi connectivity index (χ2n) is 5.89. The number of hydrogen-bond donors (Lipinski definition) is 2. The zero-order chi connectivity index (χ0) is 15.3. The fourth-order valence-electron chi connectivity index (χ4n) is 2.46. The molecule has 0 bridgehead atoms. The van der Waals surface area contributed by atoms with Crippen LogP contribution in [0.3, 0.4) is 0 Å². The Kier molecular flexibility index (Phi) is 5.09. The van der Waals surface area contributed by atoms with E-state index in [1.807, 2.05) is 35.0 Å². The van der Waals surface area contributed by atoms with Crippen LogP contribution in [0.2, 0.25) is 0 Å². The Morgan fingerprint density at radius 1 is 1.14 bits per heavy atom. The first-order chi connectivity index (χ1) is 10.1. The summed E-state index contributed by atoms with van der Waals surface area (Å²) in [7, 11) is 0. The summed E-state index contributed by atoms with van der Waals surface area (Å²) in [6.07, 6.45) is 1.99. The van der Waals surface area contributed by atoms with E-state index >= 15 is 0 Å². The third kappa shape index (κ3) is 3.49. The molecule has 0 aliphatic carbocycles. The third-order valence-electron chi connectivity index (χ3n) is 3.72. The van der Waals surface area contributed by atoms with Crippen LogP contribution in [0.4, 0.5) is 0 Å². The molecule has 5 heteroatoms. The van der Waals surface area contributed by atoms with Crippen molar-refractivity contribution in [3.05, 3.63) is 48.0 Å². The molecule has 2 aromatic rings. The van der Waals surface area contributed by atoms with Crippen LogP contribution in [0.5, 0.6) is 0 Å². The van der Waals surface area contributed by atoms with E-state index in [1.165, 1.54) is 6.33 Å². The van der Waals surface area contributed by atoms with Gasteiger partial charge in [0.1, 0.15) is 12.2 Å².